The Balaban J connectivity index is 0.000000224. The number of benzene rings is 2. The number of carbonyl (C=O) groups is 4. The van der Waals surface area contributed by atoms with Crippen molar-refractivity contribution in [2.45, 2.75) is 52.4 Å². The molecule has 4 aromatic heterocycles. The number of likely N-dealkylation sites (tertiary alicyclic amines) is 2. The van der Waals surface area contributed by atoms with E-state index in [9.17, 15) is 28.0 Å². The molecule has 2 fully saturated rings. The second-order valence-corrected chi connectivity index (χ2v) is 18.4. The number of anilines is 5. The van der Waals surface area contributed by atoms with Gasteiger partial charge in [-0.05, 0) is 156 Å². The first-order chi connectivity index (χ1) is 37.5. The van der Waals surface area contributed by atoms with Crippen molar-refractivity contribution in [2.75, 3.05) is 92.4 Å². The summed E-state index contributed by atoms with van der Waals surface area (Å²) in [5.74, 6) is -1.26. The van der Waals surface area contributed by atoms with Crippen LogP contribution in [0, 0.1) is 11.6 Å². The van der Waals surface area contributed by atoms with E-state index in [2.05, 4.69) is 61.6 Å². The van der Waals surface area contributed by atoms with Crippen LogP contribution >= 0.6 is 0 Å². The maximum absolute atomic E-state index is 14.9. The fourth-order valence-corrected chi connectivity index (χ4v) is 8.66. The summed E-state index contributed by atoms with van der Waals surface area (Å²) in [5, 5.41) is 17.3. The monoisotopic (exact) mass is 1050 g/mol. The summed E-state index contributed by atoms with van der Waals surface area (Å²) < 4.78 is 29.7. The van der Waals surface area contributed by atoms with Gasteiger partial charge in [-0.3, -0.25) is 24.2 Å². The Labute approximate surface area is 448 Å². The molecule has 4 amide bonds. The number of amides is 4. The van der Waals surface area contributed by atoms with Crippen molar-refractivity contribution in [3.63, 3.8) is 0 Å². The normalized spacial score (nSPS) is 13.8. The van der Waals surface area contributed by atoms with Crippen LogP contribution in [-0.4, -0.2) is 119 Å². The second-order valence-electron chi connectivity index (χ2n) is 18.4. The minimum absolute atomic E-state index is 0.0421. The third kappa shape index (κ3) is 17.3. The highest BCUT2D eigenvalue weighted by molar-refractivity contribution is 6.03. The predicted molar refractivity (Wildman–Crippen MR) is 301 cm³/mol. The number of nitrogens with zero attached hydrogens (tertiary/aromatic N) is 6. The average Bonchev–Trinajstić information content (AvgIpc) is 3.44. The van der Waals surface area contributed by atoms with Crippen LogP contribution in [0.25, 0.3) is 34.7 Å². The number of hydrogen-bond donors (Lipinski definition) is 7. The quantitative estimate of drug-likeness (QED) is 0.0356. The number of piperidine rings is 2. The summed E-state index contributed by atoms with van der Waals surface area (Å²) >= 11 is 0. The highest BCUT2D eigenvalue weighted by atomic mass is 19.1. The fourth-order valence-electron chi connectivity index (χ4n) is 8.66. The predicted octanol–water partition coefficient (Wildman–Crippen LogP) is 8.75. The van der Waals surface area contributed by atoms with Crippen molar-refractivity contribution in [1.82, 2.24) is 40.4 Å². The van der Waals surface area contributed by atoms with Crippen molar-refractivity contribution >= 4 is 64.6 Å². The van der Waals surface area contributed by atoms with Crippen LogP contribution in [0.1, 0.15) is 84.2 Å². The Hall–Kier alpha value is -8.42. The van der Waals surface area contributed by atoms with Crippen LogP contribution in [-0.2, 0) is 9.59 Å². The zero-order valence-corrected chi connectivity index (χ0v) is 43.6. The smallest absolute Gasteiger partial charge is 0.255 e. The van der Waals surface area contributed by atoms with Crippen LogP contribution in [0.4, 0.5) is 37.6 Å². The summed E-state index contributed by atoms with van der Waals surface area (Å²) in [4.78, 5) is 72.1. The molecule has 6 heterocycles. The molecule has 2 aromatic carbocycles. The molecule has 0 atom stereocenters. The molecule has 2 saturated heterocycles. The van der Waals surface area contributed by atoms with E-state index >= 15 is 0 Å². The van der Waals surface area contributed by atoms with E-state index in [4.69, 9.17) is 5.73 Å². The molecule has 0 aliphatic carbocycles. The number of carbonyl (C=O) groups excluding carboxylic acids is 4. The van der Waals surface area contributed by atoms with Gasteiger partial charge in [0.25, 0.3) is 11.8 Å². The number of aromatic nitrogens is 4. The van der Waals surface area contributed by atoms with E-state index in [1.165, 1.54) is 81.1 Å². The Morgan fingerprint density at radius 2 is 1.08 bits per heavy atom. The van der Waals surface area contributed by atoms with E-state index in [1.807, 2.05) is 19.9 Å². The van der Waals surface area contributed by atoms with Crippen LogP contribution < -0.4 is 37.6 Å². The van der Waals surface area contributed by atoms with Crippen LogP contribution in [0.15, 0.2) is 116 Å². The number of nitrogens with two attached hydrogens (primary N) is 1. The zero-order chi connectivity index (χ0) is 54.4. The maximum Gasteiger partial charge on any atom is 0.255 e. The Kier molecular flexibility index (Phi) is 21.2. The minimum Gasteiger partial charge on any atom is -0.384 e. The SMILES string of the molecule is CCNc1nc(-c2ccc(NC(=O)C=Cc3ccc(N)nc3)c(F)c2)ccc1C(=O)NCCN1CCCCC1.CCNc1nc(-c2ccc(NC(=O)C=Cc3cccnc3)c(F)c2)ccc1C(=O)NCCN1CCCCC1. The van der Waals surface area contributed by atoms with Gasteiger partial charge < -0.3 is 47.4 Å². The summed E-state index contributed by atoms with van der Waals surface area (Å²) in [5.41, 5.74) is 10.1. The molecule has 17 nitrogen and oxygen atoms in total. The highest BCUT2D eigenvalue weighted by Gasteiger charge is 2.19. The average molecular weight is 1050 g/mol. The molecule has 0 bridgehead atoms. The highest BCUT2D eigenvalue weighted by Crippen LogP contribution is 2.28. The molecule has 0 radical (unpaired) electrons. The number of pyridine rings is 4. The molecule has 0 saturated carbocycles. The van der Waals surface area contributed by atoms with Gasteiger partial charge in [0, 0.05) is 81.1 Å². The topological polar surface area (TPSA) is 225 Å². The van der Waals surface area contributed by atoms with E-state index < -0.39 is 23.4 Å². The molecule has 2 aliphatic heterocycles. The third-order valence-electron chi connectivity index (χ3n) is 12.7. The molecule has 19 heteroatoms. The van der Waals surface area contributed by atoms with E-state index in [1.54, 1.807) is 79.1 Å². The fraction of sp³-hybridized carbons (Fsp3) is 0.310. The minimum atomic E-state index is -0.602. The first kappa shape index (κ1) is 56.3. The molecule has 6 aromatic rings. The largest absolute Gasteiger partial charge is 0.384 e. The lowest BCUT2D eigenvalue weighted by molar-refractivity contribution is -0.112. The molecule has 402 valence electrons. The first-order valence-corrected chi connectivity index (χ1v) is 26.2. The van der Waals surface area contributed by atoms with Gasteiger partial charge in [-0.1, -0.05) is 31.0 Å². The van der Waals surface area contributed by atoms with Gasteiger partial charge in [-0.25, -0.2) is 23.7 Å². The number of rotatable bonds is 20. The summed E-state index contributed by atoms with van der Waals surface area (Å²) in [6.45, 7) is 12.1. The van der Waals surface area contributed by atoms with Crippen LogP contribution in [0.5, 0.6) is 0 Å². The number of halogens is 2. The van der Waals surface area contributed by atoms with Crippen LogP contribution in [0.3, 0.4) is 0 Å². The summed E-state index contributed by atoms with van der Waals surface area (Å²) in [6.07, 6.45) is 18.0. The van der Waals surface area contributed by atoms with Crippen molar-refractivity contribution < 1.29 is 28.0 Å². The van der Waals surface area contributed by atoms with E-state index in [-0.39, 0.29) is 23.2 Å². The molecule has 8 N–H and O–H groups in total. The number of hydrogen-bond acceptors (Lipinski definition) is 13. The van der Waals surface area contributed by atoms with Crippen molar-refractivity contribution in [3.8, 4) is 22.5 Å². The van der Waals surface area contributed by atoms with Gasteiger partial charge >= 0.3 is 0 Å². The molecule has 2 aliphatic rings. The standard InChI is InChI=1S/C29H34FN7O2.C29H33FN6O2/c1-2-32-28-22(29(39)33-14-17-37-15-4-3-5-16-37)9-11-24(36-28)21-8-10-25(23(30)18-21)35-27(38)13-7-20-6-12-26(31)34-19-20;1-2-32-28-23(29(38)33-15-18-36-16-4-3-5-17-36)10-12-25(35-28)22-9-11-26(24(30)19-22)34-27(37)13-8-21-7-6-14-31-20-21/h6-13,18-19H,2-5,14-17H2,1H3,(H2,31,34)(H,32,36)(H,33,39)(H,35,38);6-14,19-20H,2-5,15-18H2,1H3,(H,32,35)(H,33,38)(H,34,37). The lowest BCUT2D eigenvalue weighted by Crippen LogP contribution is -2.37. The molecule has 77 heavy (non-hydrogen) atoms. The van der Waals surface area contributed by atoms with Crippen molar-refractivity contribution in [2.24, 2.45) is 0 Å². The molecule has 0 unspecified atom stereocenters. The van der Waals surface area contributed by atoms with Gasteiger partial charge in [-0.15, -0.1) is 0 Å². The van der Waals surface area contributed by atoms with Crippen molar-refractivity contribution in [1.29, 1.82) is 0 Å². The molecule has 0 spiro atoms. The number of nitrogens with one attached hydrogen (secondary N) is 6. The van der Waals surface area contributed by atoms with Gasteiger partial charge in [0.05, 0.1) is 33.9 Å². The number of nitrogen functional groups attached to an aromatic ring is 1. The Morgan fingerprint density at radius 1 is 0.597 bits per heavy atom. The van der Waals surface area contributed by atoms with E-state index in [0.29, 0.717) is 82.8 Å². The molecule has 8 rings (SSSR count). The lowest BCUT2D eigenvalue weighted by atomic mass is 10.1. The van der Waals surface area contributed by atoms with Crippen molar-refractivity contribution in [3.05, 3.63) is 150 Å². The third-order valence-corrected chi connectivity index (χ3v) is 12.7. The Morgan fingerprint density at radius 3 is 1.49 bits per heavy atom. The summed E-state index contributed by atoms with van der Waals surface area (Å²) in [7, 11) is 0. The van der Waals surface area contributed by atoms with Gasteiger partial charge in [-0.2, -0.15) is 0 Å². The van der Waals surface area contributed by atoms with Gasteiger partial charge in [0.2, 0.25) is 11.8 Å². The Bertz CT molecular complexity index is 3000. The first-order valence-electron chi connectivity index (χ1n) is 26.2. The lowest BCUT2D eigenvalue weighted by Gasteiger charge is -2.26. The van der Waals surface area contributed by atoms with Crippen LogP contribution in [0.2, 0.25) is 0 Å². The molecular weight excluding hydrogens is 981 g/mol. The summed E-state index contributed by atoms with van der Waals surface area (Å²) in [6, 6.07) is 22.7. The van der Waals surface area contributed by atoms with Gasteiger partial charge in [0.15, 0.2) is 0 Å². The van der Waals surface area contributed by atoms with Gasteiger partial charge in [0.1, 0.15) is 29.1 Å². The van der Waals surface area contributed by atoms with E-state index in [0.717, 1.165) is 44.8 Å². The zero-order valence-electron chi connectivity index (χ0n) is 43.6. The maximum atomic E-state index is 14.9. The molecular formula is C58H67F2N13O4. The second kappa shape index (κ2) is 29.0.